The maximum Gasteiger partial charge on any atom is 0.410 e. The van der Waals surface area contributed by atoms with Gasteiger partial charge in [-0.3, -0.25) is 4.79 Å². The van der Waals surface area contributed by atoms with Crippen LogP contribution in [-0.4, -0.2) is 53.6 Å². The minimum absolute atomic E-state index is 0.116. The molecule has 7 nitrogen and oxygen atoms in total. The van der Waals surface area contributed by atoms with Crippen LogP contribution in [0.3, 0.4) is 0 Å². The Labute approximate surface area is 168 Å². The van der Waals surface area contributed by atoms with Crippen LogP contribution in [0, 0.1) is 5.82 Å². The Kier molecular flexibility index (Phi) is 5.64. The molecule has 0 bridgehead atoms. The highest BCUT2D eigenvalue weighted by molar-refractivity contribution is 5.95. The van der Waals surface area contributed by atoms with Gasteiger partial charge in [-0.1, -0.05) is 0 Å². The molecule has 1 aromatic carbocycles. The van der Waals surface area contributed by atoms with Crippen LogP contribution in [0.1, 0.15) is 44.2 Å². The third-order valence-corrected chi connectivity index (χ3v) is 4.92. The van der Waals surface area contributed by atoms with Gasteiger partial charge in [0.25, 0.3) is 5.91 Å². The maximum atomic E-state index is 13.5. The number of piperidine rings is 1. The summed E-state index contributed by atoms with van der Waals surface area (Å²) in [4.78, 5) is 40.3. The molecule has 0 spiro atoms. The number of halogens is 1. The molecular formula is C21H25FN2O5. The number of likely N-dealkylation sites (tertiary alicyclic amines) is 1. The number of nitrogens with zero attached hydrogens (tertiary/aromatic N) is 2. The molecule has 2 aromatic rings. The van der Waals surface area contributed by atoms with Crippen LogP contribution in [0.15, 0.2) is 33.5 Å². The van der Waals surface area contributed by atoms with E-state index in [1.165, 1.54) is 29.2 Å². The molecule has 1 saturated heterocycles. The Morgan fingerprint density at radius 2 is 1.86 bits per heavy atom. The number of fused-ring (bicyclic) bond motifs is 1. The molecule has 0 radical (unpaired) electrons. The molecule has 29 heavy (non-hydrogen) atoms. The topological polar surface area (TPSA) is 80.1 Å². The summed E-state index contributed by atoms with van der Waals surface area (Å²) in [5.41, 5.74) is -1.24. The minimum atomic E-state index is -0.681. The summed E-state index contributed by atoms with van der Waals surface area (Å²) < 4.78 is 24.0. The number of amides is 2. The normalized spacial score (nSPS) is 15.4. The van der Waals surface area contributed by atoms with Gasteiger partial charge in [-0.25, -0.2) is 14.0 Å². The predicted octanol–water partition coefficient (Wildman–Crippen LogP) is 3.40. The average Bonchev–Trinajstić information content (AvgIpc) is 2.65. The van der Waals surface area contributed by atoms with E-state index < -0.39 is 23.0 Å². The molecular weight excluding hydrogens is 379 g/mol. The van der Waals surface area contributed by atoms with Gasteiger partial charge in [0.2, 0.25) is 0 Å². The fourth-order valence-electron chi connectivity index (χ4n) is 3.37. The Morgan fingerprint density at radius 3 is 2.48 bits per heavy atom. The highest BCUT2D eigenvalue weighted by Gasteiger charge is 2.31. The predicted molar refractivity (Wildman–Crippen MR) is 105 cm³/mol. The van der Waals surface area contributed by atoms with Crippen molar-refractivity contribution in [3.8, 4) is 0 Å². The monoisotopic (exact) mass is 404 g/mol. The van der Waals surface area contributed by atoms with Gasteiger partial charge in [0.1, 0.15) is 11.4 Å². The second kappa shape index (κ2) is 7.85. The number of hydrogen-bond acceptors (Lipinski definition) is 5. The lowest BCUT2D eigenvalue weighted by molar-refractivity contribution is 0.0157. The number of hydrogen-bond donors (Lipinski definition) is 0. The quantitative estimate of drug-likeness (QED) is 0.766. The molecule has 1 aromatic heterocycles. The number of ether oxygens (including phenoxy) is 1. The summed E-state index contributed by atoms with van der Waals surface area (Å²) >= 11 is 0. The van der Waals surface area contributed by atoms with Crippen molar-refractivity contribution in [1.29, 1.82) is 0 Å². The largest absolute Gasteiger partial charge is 0.444 e. The van der Waals surface area contributed by atoms with E-state index in [2.05, 4.69) is 0 Å². The van der Waals surface area contributed by atoms with Crippen molar-refractivity contribution >= 4 is 22.8 Å². The zero-order chi connectivity index (χ0) is 21.3. The molecule has 1 aliphatic rings. The molecule has 0 aliphatic carbocycles. The van der Waals surface area contributed by atoms with Crippen molar-refractivity contribution in [2.45, 2.75) is 45.3 Å². The van der Waals surface area contributed by atoms with E-state index in [4.69, 9.17) is 9.15 Å². The van der Waals surface area contributed by atoms with Crippen LogP contribution in [-0.2, 0) is 4.74 Å². The summed E-state index contributed by atoms with van der Waals surface area (Å²) in [6, 6.07) is 4.97. The van der Waals surface area contributed by atoms with Crippen LogP contribution in [0.5, 0.6) is 0 Å². The smallest absolute Gasteiger partial charge is 0.410 e. The van der Waals surface area contributed by atoms with E-state index in [0.717, 1.165) is 0 Å². The van der Waals surface area contributed by atoms with Gasteiger partial charge in [0.15, 0.2) is 5.76 Å². The molecule has 8 heteroatoms. The Bertz CT molecular complexity index is 987. The van der Waals surface area contributed by atoms with E-state index in [-0.39, 0.29) is 23.3 Å². The molecule has 156 valence electrons. The van der Waals surface area contributed by atoms with Gasteiger partial charge in [-0.2, -0.15) is 0 Å². The van der Waals surface area contributed by atoms with Crippen molar-refractivity contribution in [1.82, 2.24) is 9.80 Å². The van der Waals surface area contributed by atoms with Crippen molar-refractivity contribution in [3.05, 3.63) is 46.3 Å². The Balaban J connectivity index is 1.69. The maximum absolute atomic E-state index is 13.5. The molecule has 0 unspecified atom stereocenters. The fraction of sp³-hybridized carbons (Fsp3) is 0.476. The molecule has 0 saturated carbocycles. The van der Waals surface area contributed by atoms with E-state index in [1.807, 2.05) is 20.8 Å². The van der Waals surface area contributed by atoms with Crippen LogP contribution < -0.4 is 5.63 Å². The van der Waals surface area contributed by atoms with Crippen molar-refractivity contribution in [2.75, 3.05) is 20.1 Å². The van der Waals surface area contributed by atoms with Gasteiger partial charge in [-0.15, -0.1) is 0 Å². The highest BCUT2D eigenvalue weighted by atomic mass is 19.1. The zero-order valence-corrected chi connectivity index (χ0v) is 17.0. The first kappa shape index (κ1) is 20.8. The van der Waals surface area contributed by atoms with Gasteiger partial charge >= 0.3 is 11.7 Å². The molecule has 3 rings (SSSR count). The number of carbonyl (C=O) groups excluding carboxylic acids is 2. The van der Waals surface area contributed by atoms with E-state index in [9.17, 15) is 18.8 Å². The summed E-state index contributed by atoms with van der Waals surface area (Å²) in [6.07, 6.45) is 0.787. The summed E-state index contributed by atoms with van der Waals surface area (Å²) in [6.45, 7) is 6.36. The third-order valence-electron chi connectivity index (χ3n) is 4.92. The molecule has 2 heterocycles. The molecule has 1 aliphatic heterocycles. The lowest BCUT2D eigenvalue weighted by Gasteiger charge is -2.37. The standard InChI is InChI=1S/C21H25FN2O5/c1-21(2,3)29-20(27)24-9-7-15(8-10-24)23(4)18(25)17-12-13-11-14(22)5-6-16(13)19(26)28-17/h5-6,11-12,15H,7-10H2,1-4H3. The molecule has 0 N–H and O–H groups in total. The SMILES string of the molecule is CN(C(=O)c1cc2cc(F)ccc2c(=O)o1)C1CCN(C(=O)OC(C)(C)C)CC1. The van der Waals surface area contributed by atoms with Crippen molar-refractivity contribution < 1.29 is 23.1 Å². The first-order valence-electron chi connectivity index (χ1n) is 9.53. The third kappa shape index (κ3) is 4.75. The molecule has 0 atom stereocenters. The van der Waals surface area contributed by atoms with Gasteiger partial charge < -0.3 is 19.0 Å². The Hall–Kier alpha value is -2.90. The van der Waals surface area contributed by atoms with Crippen LogP contribution in [0.4, 0.5) is 9.18 Å². The first-order chi connectivity index (χ1) is 13.5. The van der Waals surface area contributed by atoms with Crippen LogP contribution in [0.25, 0.3) is 10.8 Å². The van der Waals surface area contributed by atoms with E-state index in [0.29, 0.717) is 31.3 Å². The van der Waals surface area contributed by atoms with Crippen molar-refractivity contribution in [3.63, 3.8) is 0 Å². The summed E-state index contributed by atoms with van der Waals surface area (Å²) in [7, 11) is 1.63. The van der Waals surface area contributed by atoms with Gasteiger partial charge in [-0.05, 0) is 63.3 Å². The number of benzene rings is 1. The Morgan fingerprint density at radius 1 is 1.21 bits per heavy atom. The number of rotatable bonds is 2. The van der Waals surface area contributed by atoms with Crippen molar-refractivity contribution in [2.24, 2.45) is 0 Å². The van der Waals surface area contributed by atoms with E-state index >= 15 is 0 Å². The first-order valence-corrected chi connectivity index (χ1v) is 9.53. The minimum Gasteiger partial charge on any atom is -0.444 e. The van der Waals surface area contributed by atoms with Gasteiger partial charge in [0, 0.05) is 26.2 Å². The molecule has 1 fully saturated rings. The van der Waals surface area contributed by atoms with E-state index in [1.54, 1.807) is 11.9 Å². The van der Waals surface area contributed by atoms with Crippen LogP contribution >= 0.6 is 0 Å². The lowest BCUT2D eigenvalue weighted by atomic mass is 10.0. The second-order valence-electron chi connectivity index (χ2n) is 8.24. The lowest BCUT2D eigenvalue weighted by Crippen LogP contribution is -2.48. The molecule has 2 amide bonds. The zero-order valence-electron chi connectivity index (χ0n) is 17.0. The summed E-state index contributed by atoms with van der Waals surface area (Å²) in [5, 5.41) is 0.536. The summed E-state index contributed by atoms with van der Waals surface area (Å²) in [5.74, 6) is -1.08. The number of carbonyl (C=O) groups is 2. The van der Waals surface area contributed by atoms with Gasteiger partial charge in [0.05, 0.1) is 5.39 Å². The second-order valence-corrected chi connectivity index (χ2v) is 8.24. The highest BCUT2D eigenvalue weighted by Crippen LogP contribution is 2.21. The van der Waals surface area contributed by atoms with Crippen LogP contribution in [0.2, 0.25) is 0 Å². The fourth-order valence-corrected chi connectivity index (χ4v) is 3.37. The average molecular weight is 404 g/mol.